The fourth-order valence-electron chi connectivity index (χ4n) is 1.76. The highest BCUT2D eigenvalue weighted by molar-refractivity contribution is 5.82. The first kappa shape index (κ1) is 9.02. The minimum Gasteiger partial charge on any atom is -0.330 e. The molecule has 0 saturated heterocycles. The summed E-state index contributed by atoms with van der Waals surface area (Å²) in [5.41, 5.74) is 7.41. The van der Waals surface area contributed by atoms with Crippen LogP contribution >= 0.6 is 0 Å². The Morgan fingerprint density at radius 1 is 1.50 bits per heavy atom. The lowest BCUT2D eigenvalue weighted by Gasteiger charge is -1.99. The first-order chi connectivity index (χ1) is 6.74. The molecular formula is C10H13N3O. The molecule has 0 fully saturated rings. The fourth-order valence-corrected chi connectivity index (χ4v) is 1.76. The Balaban J connectivity index is 2.79. The van der Waals surface area contributed by atoms with Gasteiger partial charge in [0, 0.05) is 7.05 Å². The minimum absolute atomic E-state index is 0.0356. The van der Waals surface area contributed by atoms with Crippen LogP contribution in [0, 0.1) is 0 Å². The van der Waals surface area contributed by atoms with E-state index in [9.17, 15) is 4.79 Å². The van der Waals surface area contributed by atoms with Gasteiger partial charge in [0.25, 0.3) is 5.56 Å². The van der Waals surface area contributed by atoms with Crippen LogP contribution in [0.1, 0.15) is 5.56 Å². The number of benzene rings is 1. The van der Waals surface area contributed by atoms with Crippen LogP contribution in [-0.4, -0.2) is 16.3 Å². The van der Waals surface area contributed by atoms with Crippen molar-refractivity contribution < 1.29 is 0 Å². The van der Waals surface area contributed by atoms with Gasteiger partial charge in [-0.15, -0.1) is 0 Å². The summed E-state index contributed by atoms with van der Waals surface area (Å²) >= 11 is 0. The molecule has 0 unspecified atom stereocenters. The zero-order chi connectivity index (χ0) is 10.1. The summed E-state index contributed by atoms with van der Waals surface area (Å²) in [7, 11) is 1.83. The quantitative estimate of drug-likeness (QED) is 0.720. The lowest BCUT2D eigenvalue weighted by Crippen LogP contribution is -2.07. The van der Waals surface area contributed by atoms with Gasteiger partial charge in [-0.2, -0.15) is 0 Å². The van der Waals surface area contributed by atoms with Gasteiger partial charge in [0.05, 0.1) is 10.9 Å². The zero-order valence-corrected chi connectivity index (χ0v) is 8.08. The van der Waals surface area contributed by atoms with Crippen molar-refractivity contribution in [2.45, 2.75) is 6.42 Å². The third-order valence-electron chi connectivity index (χ3n) is 2.40. The SMILES string of the molecule is Cn1[nH]c(=O)c2c(CCN)cccc21. The van der Waals surface area contributed by atoms with Gasteiger partial charge in [0.15, 0.2) is 0 Å². The summed E-state index contributed by atoms with van der Waals surface area (Å²) in [4.78, 5) is 11.6. The molecule has 0 bridgehead atoms. The van der Waals surface area contributed by atoms with Gasteiger partial charge in [-0.25, -0.2) is 0 Å². The molecule has 4 heteroatoms. The molecule has 1 heterocycles. The smallest absolute Gasteiger partial charge is 0.272 e. The van der Waals surface area contributed by atoms with Gasteiger partial charge >= 0.3 is 0 Å². The average molecular weight is 191 g/mol. The average Bonchev–Trinajstić information content (AvgIpc) is 2.44. The van der Waals surface area contributed by atoms with Gasteiger partial charge in [0.2, 0.25) is 0 Å². The molecule has 0 aliphatic carbocycles. The van der Waals surface area contributed by atoms with Crippen LogP contribution in [-0.2, 0) is 13.5 Å². The lowest BCUT2D eigenvalue weighted by atomic mass is 10.1. The maximum Gasteiger partial charge on any atom is 0.272 e. The van der Waals surface area contributed by atoms with Crippen molar-refractivity contribution in [2.24, 2.45) is 12.8 Å². The number of H-pyrrole nitrogens is 1. The first-order valence-electron chi connectivity index (χ1n) is 4.60. The number of nitrogens with zero attached hydrogens (tertiary/aromatic N) is 1. The minimum atomic E-state index is -0.0356. The van der Waals surface area contributed by atoms with E-state index in [0.29, 0.717) is 6.54 Å². The number of aryl methyl sites for hydroxylation is 1. The van der Waals surface area contributed by atoms with E-state index in [0.717, 1.165) is 22.9 Å². The van der Waals surface area contributed by atoms with Crippen molar-refractivity contribution >= 4 is 10.9 Å². The number of aromatic nitrogens is 2. The molecule has 4 nitrogen and oxygen atoms in total. The third kappa shape index (κ3) is 1.24. The van der Waals surface area contributed by atoms with Crippen molar-refractivity contribution in [3.8, 4) is 0 Å². The summed E-state index contributed by atoms with van der Waals surface area (Å²) < 4.78 is 1.73. The largest absolute Gasteiger partial charge is 0.330 e. The van der Waals surface area contributed by atoms with Crippen molar-refractivity contribution in [3.63, 3.8) is 0 Å². The first-order valence-corrected chi connectivity index (χ1v) is 4.60. The Hall–Kier alpha value is -1.55. The number of rotatable bonds is 2. The summed E-state index contributed by atoms with van der Waals surface area (Å²) in [6.45, 7) is 0.563. The van der Waals surface area contributed by atoms with Crippen molar-refractivity contribution in [3.05, 3.63) is 34.1 Å². The normalized spacial score (nSPS) is 11.0. The molecule has 0 aliphatic rings. The number of nitrogens with one attached hydrogen (secondary N) is 1. The maximum absolute atomic E-state index is 11.6. The molecule has 0 radical (unpaired) electrons. The molecule has 0 aliphatic heterocycles. The second-order valence-electron chi connectivity index (χ2n) is 3.35. The summed E-state index contributed by atoms with van der Waals surface area (Å²) in [5, 5.41) is 3.50. The molecule has 2 rings (SSSR count). The molecule has 74 valence electrons. The van der Waals surface area contributed by atoms with E-state index in [-0.39, 0.29) is 5.56 Å². The predicted molar refractivity (Wildman–Crippen MR) is 56.3 cm³/mol. The highest BCUT2D eigenvalue weighted by Gasteiger charge is 2.07. The van der Waals surface area contributed by atoms with E-state index < -0.39 is 0 Å². The predicted octanol–water partition coefficient (Wildman–Crippen LogP) is 0.368. The highest BCUT2D eigenvalue weighted by atomic mass is 16.1. The number of nitrogens with two attached hydrogens (primary N) is 1. The van der Waals surface area contributed by atoms with E-state index in [2.05, 4.69) is 5.10 Å². The molecule has 0 saturated carbocycles. The highest BCUT2D eigenvalue weighted by Crippen LogP contribution is 2.14. The van der Waals surface area contributed by atoms with E-state index in [1.165, 1.54) is 0 Å². The molecule has 2 aromatic rings. The Morgan fingerprint density at radius 2 is 2.29 bits per heavy atom. The second-order valence-corrected chi connectivity index (χ2v) is 3.35. The molecule has 0 spiro atoms. The van der Waals surface area contributed by atoms with Gasteiger partial charge in [-0.05, 0) is 24.6 Å². The number of aromatic amines is 1. The van der Waals surface area contributed by atoms with Crippen LogP contribution in [0.15, 0.2) is 23.0 Å². The molecule has 1 aromatic heterocycles. The van der Waals surface area contributed by atoms with Crippen LogP contribution in [0.25, 0.3) is 10.9 Å². The molecule has 1 aromatic carbocycles. The lowest BCUT2D eigenvalue weighted by molar-refractivity contribution is 0.783. The summed E-state index contributed by atoms with van der Waals surface area (Å²) in [5.74, 6) is 0. The molecule has 3 N–H and O–H groups in total. The van der Waals surface area contributed by atoms with E-state index >= 15 is 0 Å². The summed E-state index contributed by atoms with van der Waals surface area (Å²) in [6, 6.07) is 5.82. The van der Waals surface area contributed by atoms with E-state index in [1.54, 1.807) is 4.68 Å². The molecule has 14 heavy (non-hydrogen) atoms. The topological polar surface area (TPSA) is 63.8 Å². The summed E-state index contributed by atoms with van der Waals surface area (Å²) in [6.07, 6.45) is 0.741. The van der Waals surface area contributed by atoms with Crippen LogP contribution < -0.4 is 11.3 Å². The van der Waals surface area contributed by atoms with Crippen LogP contribution in [0.4, 0.5) is 0 Å². The Labute approximate surface area is 81.3 Å². The van der Waals surface area contributed by atoms with Gasteiger partial charge in [-0.1, -0.05) is 12.1 Å². The molecular weight excluding hydrogens is 178 g/mol. The second kappa shape index (κ2) is 3.31. The van der Waals surface area contributed by atoms with Gasteiger partial charge < -0.3 is 5.73 Å². The van der Waals surface area contributed by atoms with Crippen molar-refractivity contribution in [2.75, 3.05) is 6.54 Å². The van der Waals surface area contributed by atoms with E-state index in [1.807, 2.05) is 25.2 Å². The molecule has 0 atom stereocenters. The Morgan fingerprint density at radius 3 is 3.00 bits per heavy atom. The number of fused-ring (bicyclic) bond motifs is 1. The third-order valence-corrected chi connectivity index (χ3v) is 2.40. The Bertz CT molecular complexity index is 510. The van der Waals surface area contributed by atoms with Crippen LogP contribution in [0.5, 0.6) is 0 Å². The fraction of sp³-hybridized carbons (Fsp3) is 0.300. The van der Waals surface area contributed by atoms with Crippen molar-refractivity contribution in [1.29, 1.82) is 0 Å². The zero-order valence-electron chi connectivity index (χ0n) is 8.08. The number of hydrogen-bond donors (Lipinski definition) is 2. The van der Waals surface area contributed by atoms with Crippen molar-refractivity contribution in [1.82, 2.24) is 9.78 Å². The Kier molecular flexibility index (Phi) is 2.13. The van der Waals surface area contributed by atoms with Gasteiger partial charge in [0.1, 0.15) is 0 Å². The van der Waals surface area contributed by atoms with E-state index in [4.69, 9.17) is 5.73 Å². The monoisotopic (exact) mass is 191 g/mol. The maximum atomic E-state index is 11.6. The van der Waals surface area contributed by atoms with Gasteiger partial charge in [-0.3, -0.25) is 14.6 Å². The van der Waals surface area contributed by atoms with Crippen LogP contribution in [0.3, 0.4) is 0 Å². The number of hydrogen-bond acceptors (Lipinski definition) is 2. The standard InChI is InChI=1S/C10H13N3O/c1-13-8-4-2-3-7(5-6-11)9(8)10(14)12-13/h2-4H,5-6,11H2,1H3,(H,12,14). The molecule has 0 amide bonds. The van der Waals surface area contributed by atoms with Crippen LogP contribution in [0.2, 0.25) is 0 Å².